The van der Waals surface area contributed by atoms with Crippen molar-refractivity contribution in [2.45, 2.75) is 51.4 Å². The normalized spacial score (nSPS) is 19.3. The Morgan fingerprint density at radius 2 is 2.13 bits per heavy atom. The first-order valence-corrected chi connectivity index (χ1v) is 6.58. The van der Waals surface area contributed by atoms with Gasteiger partial charge in [-0.05, 0) is 19.8 Å². The van der Waals surface area contributed by atoms with Crippen molar-refractivity contribution in [2.75, 3.05) is 6.54 Å². The monoisotopic (exact) mass is 224 g/mol. The molecule has 0 unspecified atom stereocenters. The summed E-state index contributed by atoms with van der Waals surface area (Å²) in [6.45, 7) is 7.33. The maximum absolute atomic E-state index is 5.93. The quantitative estimate of drug-likeness (QED) is 0.857. The van der Waals surface area contributed by atoms with Gasteiger partial charge in [-0.3, -0.25) is 0 Å². The Hall–Kier alpha value is -0.410. The summed E-state index contributed by atoms with van der Waals surface area (Å²) in [5.74, 6) is 0.539. The van der Waals surface area contributed by atoms with Crippen molar-refractivity contribution >= 4 is 11.3 Å². The Balaban J connectivity index is 2.35. The van der Waals surface area contributed by atoms with Gasteiger partial charge in [0.2, 0.25) is 0 Å². The molecule has 0 spiro atoms. The molecule has 0 amide bonds. The van der Waals surface area contributed by atoms with Crippen molar-refractivity contribution in [3.8, 4) is 0 Å². The van der Waals surface area contributed by atoms with Crippen LogP contribution in [0, 0.1) is 6.92 Å². The molecular weight excluding hydrogens is 204 g/mol. The summed E-state index contributed by atoms with van der Waals surface area (Å²) in [5, 5.41) is 1.27. The summed E-state index contributed by atoms with van der Waals surface area (Å²) in [6.07, 6.45) is 3.83. The first-order chi connectivity index (χ1) is 7.09. The molecular formula is C12H20N2S. The zero-order chi connectivity index (χ0) is 11.1. The van der Waals surface area contributed by atoms with Gasteiger partial charge in [-0.2, -0.15) is 0 Å². The van der Waals surface area contributed by atoms with Gasteiger partial charge >= 0.3 is 0 Å². The third-order valence-corrected chi connectivity index (χ3v) is 5.19. The third kappa shape index (κ3) is 1.72. The fourth-order valence-electron chi connectivity index (χ4n) is 2.28. The van der Waals surface area contributed by atoms with Crippen LogP contribution in [-0.4, -0.2) is 11.5 Å². The Labute approximate surface area is 95.9 Å². The Kier molecular flexibility index (Phi) is 2.86. The molecule has 2 N–H and O–H groups in total. The molecule has 1 aromatic rings. The smallest absolute Gasteiger partial charge is 0.0956 e. The number of rotatable bonds is 3. The Morgan fingerprint density at radius 3 is 2.47 bits per heavy atom. The van der Waals surface area contributed by atoms with Gasteiger partial charge in [-0.1, -0.05) is 20.3 Å². The zero-order valence-corrected chi connectivity index (χ0v) is 10.7. The SMILES string of the molecule is Cc1nc(C(C)C)sc1C1(CN)CCC1. The fraction of sp³-hybridized carbons (Fsp3) is 0.750. The van der Waals surface area contributed by atoms with E-state index in [4.69, 9.17) is 5.73 Å². The Bertz CT molecular complexity index is 345. The molecule has 0 aromatic carbocycles. The standard InChI is InChI=1S/C12H20N2S/c1-8(2)11-14-9(3)10(15-11)12(7-13)5-4-6-12/h8H,4-7,13H2,1-3H3. The number of nitrogens with two attached hydrogens (primary N) is 1. The summed E-state index contributed by atoms with van der Waals surface area (Å²) in [7, 11) is 0. The average molecular weight is 224 g/mol. The van der Waals surface area contributed by atoms with E-state index in [1.807, 2.05) is 11.3 Å². The number of hydrogen-bond donors (Lipinski definition) is 1. The molecule has 1 aliphatic rings. The molecule has 0 aliphatic heterocycles. The largest absolute Gasteiger partial charge is 0.330 e. The van der Waals surface area contributed by atoms with Gasteiger partial charge in [0.25, 0.3) is 0 Å². The zero-order valence-electron chi connectivity index (χ0n) is 9.84. The van der Waals surface area contributed by atoms with Crippen molar-refractivity contribution in [2.24, 2.45) is 5.73 Å². The summed E-state index contributed by atoms with van der Waals surface area (Å²) in [6, 6.07) is 0. The van der Waals surface area contributed by atoms with E-state index in [-0.39, 0.29) is 5.41 Å². The summed E-state index contributed by atoms with van der Waals surface area (Å²) >= 11 is 1.88. The van der Waals surface area contributed by atoms with E-state index in [9.17, 15) is 0 Å². The van der Waals surface area contributed by atoms with Crippen LogP contribution < -0.4 is 5.73 Å². The molecule has 84 valence electrons. The fourth-order valence-corrected chi connectivity index (χ4v) is 3.61. The molecule has 0 bridgehead atoms. The minimum atomic E-state index is 0.287. The van der Waals surface area contributed by atoms with Crippen LogP contribution in [0.3, 0.4) is 0 Å². The maximum Gasteiger partial charge on any atom is 0.0956 e. The van der Waals surface area contributed by atoms with E-state index in [2.05, 4.69) is 25.8 Å². The molecule has 0 radical (unpaired) electrons. The molecule has 1 saturated carbocycles. The van der Waals surface area contributed by atoms with Crippen molar-refractivity contribution in [1.82, 2.24) is 4.98 Å². The lowest BCUT2D eigenvalue weighted by atomic mass is 9.67. The van der Waals surface area contributed by atoms with Gasteiger partial charge in [0.1, 0.15) is 0 Å². The predicted octanol–water partition coefficient (Wildman–Crippen LogP) is 2.96. The highest BCUT2D eigenvalue weighted by molar-refractivity contribution is 7.12. The van der Waals surface area contributed by atoms with Crippen molar-refractivity contribution in [1.29, 1.82) is 0 Å². The maximum atomic E-state index is 5.93. The molecule has 2 nitrogen and oxygen atoms in total. The van der Waals surface area contributed by atoms with Gasteiger partial charge in [-0.25, -0.2) is 4.98 Å². The lowest BCUT2D eigenvalue weighted by molar-refractivity contribution is 0.257. The lowest BCUT2D eigenvalue weighted by Gasteiger charge is -2.40. The first-order valence-electron chi connectivity index (χ1n) is 5.77. The highest BCUT2D eigenvalue weighted by Gasteiger charge is 2.40. The van der Waals surface area contributed by atoms with Crippen LogP contribution in [0.25, 0.3) is 0 Å². The van der Waals surface area contributed by atoms with Gasteiger partial charge in [0, 0.05) is 22.8 Å². The van der Waals surface area contributed by atoms with E-state index in [0.29, 0.717) is 5.92 Å². The number of aromatic nitrogens is 1. The van der Waals surface area contributed by atoms with Crippen LogP contribution in [0.4, 0.5) is 0 Å². The third-order valence-electron chi connectivity index (χ3n) is 3.49. The van der Waals surface area contributed by atoms with Crippen molar-refractivity contribution < 1.29 is 0 Å². The molecule has 1 aromatic heterocycles. The molecule has 1 heterocycles. The molecule has 0 atom stereocenters. The van der Waals surface area contributed by atoms with Crippen molar-refractivity contribution in [3.05, 3.63) is 15.6 Å². The van der Waals surface area contributed by atoms with E-state index in [1.165, 1.54) is 34.8 Å². The summed E-state index contributed by atoms with van der Waals surface area (Å²) < 4.78 is 0. The summed E-state index contributed by atoms with van der Waals surface area (Å²) in [5.41, 5.74) is 7.44. The molecule has 0 saturated heterocycles. The number of hydrogen-bond acceptors (Lipinski definition) is 3. The molecule has 2 rings (SSSR count). The van der Waals surface area contributed by atoms with Crippen LogP contribution in [0.5, 0.6) is 0 Å². The molecule has 15 heavy (non-hydrogen) atoms. The molecule has 1 fully saturated rings. The van der Waals surface area contributed by atoms with Gasteiger partial charge in [0.05, 0.1) is 10.7 Å². The summed E-state index contributed by atoms with van der Waals surface area (Å²) in [4.78, 5) is 6.13. The van der Waals surface area contributed by atoms with Crippen LogP contribution in [-0.2, 0) is 5.41 Å². The van der Waals surface area contributed by atoms with Crippen molar-refractivity contribution in [3.63, 3.8) is 0 Å². The highest BCUT2D eigenvalue weighted by atomic mass is 32.1. The lowest BCUT2D eigenvalue weighted by Crippen LogP contribution is -2.41. The second-order valence-electron chi connectivity index (χ2n) is 4.96. The number of aryl methyl sites for hydroxylation is 1. The minimum Gasteiger partial charge on any atom is -0.330 e. The topological polar surface area (TPSA) is 38.9 Å². The van der Waals surface area contributed by atoms with Crippen LogP contribution in [0.2, 0.25) is 0 Å². The second-order valence-corrected chi connectivity index (χ2v) is 5.99. The van der Waals surface area contributed by atoms with Gasteiger partial charge in [-0.15, -0.1) is 11.3 Å². The van der Waals surface area contributed by atoms with Crippen LogP contribution >= 0.6 is 11.3 Å². The highest BCUT2D eigenvalue weighted by Crippen LogP contribution is 2.47. The minimum absolute atomic E-state index is 0.287. The van der Waals surface area contributed by atoms with Crippen LogP contribution in [0.1, 0.15) is 54.6 Å². The van der Waals surface area contributed by atoms with Crippen LogP contribution in [0.15, 0.2) is 0 Å². The predicted molar refractivity (Wildman–Crippen MR) is 65.5 cm³/mol. The van der Waals surface area contributed by atoms with E-state index < -0.39 is 0 Å². The van der Waals surface area contributed by atoms with E-state index in [0.717, 1.165) is 6.54 Å². The van der Waals surface area contributed by atoms with E-state index in [1.54, 1.807) is 0 Å². The second kappa shape index (κ2) is 3.87. The van der Waals surface area contributed by atoms with E-state index >= 15 is 0 Å². The van der Waals surface area contributed by atoms with Gasteiger partial charge < -0.3 is 5.73 Å². The number of nitrogens with zero attached hydrogens (tertiary/aromatic N) is 1. The number of thiazole rings is 1. The molecule has 3 heteroatoms. The van der Waals surface area contributed by atoms with Gasteiger partial charge in [0.15, 0.2) is 0 Å². The first kappa shape index (κ1) is 11.1. The molecule has 1 aliphatic carbocycles. The Morgan fingerprint density at radius 1 is 1.47 bits per heavy atom. The average Bonchev–Trinajstić information content (AvgIpc) is 2.48.